The number of hydrogen-bond donors (Lipinski definition) is 1. The van der Waals surface area contributed by atoms with Crippen molar-refractivity contribution in [3.63, 3.8) is 0 Å². The molecule has 0 spiro atoms. The Balaban J connectivity index is 2.51. The van der Waals surface area contributed by atoms with E-state index in [-0.39, 0.29) is 6.04 Å². The molecular weight excluding hydrogens is 138 g/mol. The van der Waals surface area contributed by atoms with E-state index >= 15 is 0 Å². The second-order valence-electron chi connectivity index (χ2n) is 2.57. The maximum atomic E-state index is 5.74. The molecule has 0 radical (unpaired) electrons. The molecule has 1 rings (SSSR count). The highest BCUT2D eigenvalue weighted by Crippen LogP contribution is 1.98. The highest BCUT2D eigenvalue weighted by Gasteiger charge is 2.00. The van der Waals surface area contributed by atoms with E-state index < -0.39 is 0 Å². The molecule has 1 aromatic heterocycles. The summed E-state index contributed by atoms with van der Waals surface area (Å²) in [7, 11) is 0. The summed E-state index contributed by atoms with van der Waals surface area (Å²) < 4.78 is 0. The maximum absolute atomic E-state index is 5.74. The average molecular weight is 151 g/mol. The van der Waals surface area contributed by atoms with Crippen LogP contribution in [0.2, 0.25) is 0 Å². The van der Waals surface area contributed by atoms with Gasteiger partial charge in [0.15, 0.2) is 0 Å². The molecule has 1 aromatic rings. The van der Waals surface area contributed by atoms with E-state index in [0.717, 1.165) is 18.5 Å². The predicted octanol–water partition coefficient (Wildman–Crippen LogP) is 0.756. The highest BCUT2D eigenvalue weighted by atomic mass is 14.8. The fourth-order valence-corrected chi connectivity index (χ4v) is 0.852. The first-order chi connectivity index (χ1) is 5.33. The van der Waals surface area contributed by atoms with Crippen molar-refractivity contribution in [2.45, 2.75) is 25.8 Å². The Kier molecular flexibility index (Phi) is 2.98. The lowest BCUT2D eigenvalue weighted by atomic mass is 10.1. The summed E-state index contributed by atoms with van der Waals surface area (Å²) >= 11 is 0. The van der Waals surface area contributed by atoms with Crippen LogP contribution in [0.5, 0.6) is 0 Å². The highest BCUT2D eigenvalue weighted by molar-refractivity contribution is 4.99. The van der Waals surface area contributed by atoms with Crippen LogP contribution in [0.15, 0.2) is 18.6 Å². The normalized spacial score (nSPS) is 12.9. The van der Waals surface area contributed by atoms with Crippen molar-refractivity contribution < 1.29 is 0 Å². The summed E-state index contributed by atoms with van der Waals surface area (Å²) in [5, 5.41) is 0. The fraction of sp³-hybridized carbons (Fsp3) is 0.500. The molecule has 0 aliphatic heterocycles. The van der Waals surface area contributed by atoms with Gasteiger partial charge in [0.25, 0.3) is 0 Å². The average Bonchev–Trinajstić information content (AvgIpc) is 2.06. The minimum atomic E-state index is 0.227. The molecule has 0 aliphatic carbocycles. The Hall–Kier alpha value is -0.960. The zero-order valence-electron chi connectivity index (χ0n) is 6.70. The lowest BCUT2D eigenvalue weighted by molar-refractivity contribution is 0.635. The molecule has 0 amide bonds. The molecule has 0 saturated carbocycles. The van der Waals surface area contributed by atoms with Crippen molar-refractivity contribution in [1.82, 2.24) is 9.97 Å². The van der Waals surface area contributed by atoms with Crippen molar-refractivity contribution in [3.8, 4) is 0 Å². The topological polar surface area (TPSA) is 51.8 Å². The summed E-state index contributed by atoms with van der Waals surface area (Å²) in [6.45, 7) is 2.08. The van der Waals surface area contributed by atoms with Crippen molar-refractivity contribution in [3.05, 3.63) is 24.3 Å². The Morgan fingerprint density at radius 1 is 1.64 bits per heavy atom. The van der Waals surface area contributed by atoms with E-state index in [1.54, 1.807) is 12.5 Å². The van der Waals surface area contributed by atoms with Crippen LogP contribution in [0.25, 0.3) is 0 Å². The van der Waals surface area contributed by atoms with Gasteiger partial charge in [0.2, 0.25) is 0 Å². The quantitative estimate of drug-likeness (QED) is 0.693. The molecule has 0 bridgehead atoms. The van der Waals surface area contributed by atoms with Gasteiger partial charge in [-0.2, -0.15) is 0 Å². The molecule has 2 N–H and O–H groups in total. The molecule has 3 heteroatoms. The number of aromatic nitrogens is 2. The third kappa shape index (κ3) is 2.63. The van der Waals surface area contributed by atoms with Crippen LogP contribution in [0.3, 0.4) is 0 Å². The predicted molar refractivity (Wildman–Crippen MR) is 44.0 cm³/mol. The van der Waals surface area contributed by atoms with Crippen LogP contribution in [0.4, 0.5) is 0 Å². The van der Waals surface area contributed by atoms with Gasteiger partial charge >= 0.3 is 0 Å². The SMILES string of the molecule is CCC(N)Cc1ccncn1. The van der Waals surface area contributed by atoms with Gasteiger partial charge < -0.3 is 5.73 Å². The summed E-state index contributed by atoms with van der Waals surface area (Å²) in [6.07, 6.45) is 5.13. The van der Waals surface area contributed by atoms with Gasteiger partial charge in [0.1, 0.15) is 6.33 Å². The molecule has 0 aliphatic rings. The van der Waals surface area contributed by atoms with Gasteiger partial charge in [-0.3, -0.25) is 0 Å². The van der Waals surface area contributed by atoms with E-state index in [1.165, 1.54) is 0 Å². The zero-order chi connectivity index (χ0) is 8.10. The van der Waals surface area contributed by atoms with Crippen molar-refractivity contribution in [1.29, 1.82) is 0 Å². The standard InChI is InChI=1S/C8H13N3/c1-2-7(9)5-8-3-4-10-6-11-8/h3-4,6-7H,2,5,9H2,1H3. The van der Waals surface area contributed by atoms with Crippen LogP contribution in [-0.4, -0.2) is 16.0 Å². The number of nitrogens with zero attached hydrogens (tertiary/aromatic N) is 2. The number of hydrogen-bond acceptors (Lipinski definition) is 3. The lowest BCUT2D eigenvalue weighted by Crippen LogP contribution is -2.21. The van der Waals surface area contributed by atoms with Crippen molar-refractivity contribution in [2.24, 2.45) is 5.73 Å². The molecular formula is C8H13N3. The second kappa shape index (κ2) is 4.03. The number of nitrogens with two attached hydrogens (primary N) is 1. The van der Waals surface area contributed by atoms with Crippen LogP contribution in [-0.2, 0) is 6.42 Å². The first-order valence-corrected chi connectivity index (χ1v) is 3.83. The van der Waals surface area contributed by atoms with E-state index in [4.69, 9.17) is 5.73 Å². The Bertz CT molecular complexity index is 198. The fourth-order valence-electron chi connectivity index (χ4n) is 0.852. The first-order valence-electron chi connectivity index (χ1n) is 3.83. The molecule has 0 aromatic carbocycles. The van der Waals surface area contributed by atoms with Gasteiger partial charge in [-0.25, -0.2) is 9.97 Å². The van der Waals surface area contributed by atoms with Crippen LogP contribution in [0, 0.1) is 0 Å². The third-order valence-corrected chi connectivity index (χ3v) is 1.64. The lowest BCUT2D eigenvalue weighted by Gasteiger charge is -2.05. The van der Waals surface area contributed by atoms with E-state index in [9.17, 15) is 0 Å². The smallest absolute Gasteiger partial charge is 0.115 e. The molecule has 1 heterocycles. The van der Waals surface area contributed by atoms with Gasteiger partial charge in [0.05, 0.1) is 0 Å². The Morgan fingerprint density at radius 3 is 3.00 bits per heavy atom. The molecule has 60 valence electrons. The Labute approximate surface area is 66.7 Å². The zero-order valence-corrected chi connectivity index (χ0v) is 6.70. The summed E-state index contributed by atoms with van der Waals surface area (Å²) in [6, 6.07) is 2.13. The van der Waals surface area contributed by atoms with Gasteiger partial charge in [0, 0.05) is 24.4 Å². The van der Waals surface area contributed by atoms with E-state index in [1.807, 2.05) is 6.07 Å². The largest absolute Gasteiger partial charge is 0.327 e. The van der Waals surface area contributed by atoms with Gasteiger partial charge in [-0.05, 0) is 12.5 Å². The summed E-state index contributed by atoms with van der Waals surface area (Å²) in [4.78, 5) is 7.90. The van der Waals surface area contributed by atoms with Crippen LogP contribution in [0.1, 0.15) is 19.0 Å². The summed E-state index contributed by atoms with van der Waals surface area (Å²) in [5.74, 6) is 0. The van der Waals surface area contributed by atoms with Crippen molar-refractivity contribution >= 4 is 0 Å². The molecule has 1 unspecified atom stereocenters. The van der Waals surface area contributed by atoms with E-state index in [0.29, 0.717) is 0 Å². The van der Waals surface area contributed by atoms with Gasteiger partial charge in [-0.1, -0.05) is 6.92 Å². The van der Waals surface area contributed by atoms with Crippen LogP contribution >= 0.6 is 0 Å². The monoisotopic (exact) mass is 151 g/mol. The maximum Gasteiger partial charge on any atom is 0.115 e. The molecule has 0 saturated heterocycles. The van der Waals surface area contributed by atoms with Gasteiger partial charge in [-0.15, -0.1) is 0 Å². The van der Waals surface area contributed by atoms with Crippen molar-refractivity contribution in [2.75, 3.05) is 0 Å². The molecule has 3 nitrogen and oxygen atoms in total. The number of rotatable bonds is 3. The molecule has 11 heavy (non-hydrogen) atoms. The Morgan fingerprint density at radius 2 is 2.45 bits per heavy atom. The second-order valence-corrected chi connectivity index (χ2v) is 2.57. The molecule has 1 atom stereocenters. The molecule has 0 fully saturated rings. The summed E-state index contributed by atoms with van der Waals surface area (Å²) in [5.41, 5.74) is 6.77. The third-order valence-electron chi connectivity index (χ3n) is 1.64. The minimum Gasteiger partial charge on any atom is -0.327 e. The minimum absolute atomic E-state index is 0.227. The van der Waals surface area contributed by atoms with E-state index in [2.05, 4.69) is 16.9 Å². The van der Waals surface area contributed by atoms with Crippen LogP contribution < -0.4 is 5.73 Å². The first kappa shape index (κ1) is 8.14.